The summed E-state index contributed by atoms with van der Waals surface area (Å²) in [6, 6.07) is 16.8. The van der Waals surface area contributed by atoms with Crippen molar-refractivity contribution in [3.8, 4) is 5.75 Å². The Bertz CT molecular complexity index is 1200. The zero-order valence-electron chi connectivity index (χ0n) is 16.2. The molecule has 0 aliphatic heterocycles. The molecule has 11 heteroatoms. The van der Waals surface area contributed by atoms with Crippen molar-refractivity contribution >= 4 is 38.8 Å². The number of anilines is 3. The lowest BCUT2D eigenvalue weighted by molar-refractivity contribution is -0.384. The van der Waals surface area contributed by atoms with Gasteiger partial charge in [0.1, 0.15) is 5.75 Å². The van der Waals surface area contributed by atoms with Crippen LogP contribution in [0.4, 0.5) is 27.5 Å². The van der Waals surface area contributed by atoms with Gasteiger partial charge in [0.05, 0.1) is 16.9 Å². The third-order valence-corrected chi connectivity index (χ3v) is 5.48. The molecule has 0 fully saturated rings. The molecule has 0 heterocycles. The number of ether oxygens (including phenoxy) is 1. The minimum atomic E-state index is -3.82. The lowest BCUT2D eigenvalue weighted by Crippen LogP contribution is -2.19. The van der Waals surface area contributed by atoms with E-state index in [4.69, 9.17) is 4.74 Å². The van der Waals surface area contributed by atoms with E-state index in [1.54, 1.807) is 24.3 Å². The van der Waals surface area contributed by atoms with Crippen LogP contribution in [0.3, 0.4) is 0 Å². The van der Waals surface area contributed by atoms with Crippen LogP contribution >= 0.6 is 0 Å². The third kappa shape index (κ3) is 5.70. The van der Waals surface area contributed by atoms with Crippen molar-refractivity contribution < 1.29 is 22.9 Å². The van der Waals surface area contributed by atoms with E-state index in [0.29, 0.717) is 17.1 Å². The standard InChI is InChI=1S/C20H18N4O6S/c1-30-18-9-5-15(6-10-18)23-31(28,29)19-11-7-14(8-12-19)21-20(25)22-16-3-2-4-17(13-16)24(26)27/h2-13,23H,1H3,(H2,21,22,25). The van der Waals surface area contributed by atoms with Crippen molar-refractivity contribution in [2.24, 2.45) is 0 Å². The van der Waals surface area contributed by atoms with Crippen LogP contribution in [0.1, 0.15) is 0 Å². The molecule has 31 heavy (non-hydrogen) atoms. The number of nitro groups is 1. The fourth-order valence-corrected chi connectivity index (χ4v) is 3.64. The average molecular weight is 442 g/mol. The number of amides is 2. The second kappa shape index (κ2) is 9.13. The van der Waals surface area contributed by atoms with E-state index < -0.39 is 21.0 Å². The van der Waals surface area contributed by atoms with Gasteiger partial charge in [-0.05, 0) is 54.6 Å². The molecule has 0 atom stereocenters. The summed E-state index contributed by atoms with van der Waals surface area (Å²) < 4.78 is 32.5. The maximum absolute atomic E-state index is 12.5. The van der Waals surface area contributed by atoms with Gasteiger partial charge in [-0.3, -0.25) is 14.8 Å². The van der Waals surface area contributed by atoms with E-state index in [1.807, 2.05) is 0 Å². The highest BCUT2D eigenvalue weighted by Gasteiger charge is 2.15. The normalized spacial score (nSPS) is 10.7. The zero-order valence-corrected chi connectivity index (χ0v) is 17.0. The highest BCUT2D eigenvalue weighted by Crippen LogP contribution is 2.21. The van der Waals surface area contributed by atoms with E-state index in [1.165, 1.54) is 55.6 Å². The van der Waals surface area contributed by atoms with Crippen molar-refractivity contribution in [2.45, 2.75) is 4.90 Å². The molecule has 2 amide bonds. The summed E-state index contributed by atoms with van der Waals surface area (Å²) in [6.07, 6.45) is 0. The molecule has 0 aliphatic carbocycles. The van der Waals surface area contributed by atoms with Gasteiger partial charge in [0.15, 0.2) is 0 Å². The second-order valence-corrected chi connectivity index (χ2v) is 7.93. The number of hydrogen-bond acceptors (Lipinski definition) is 6. The average Bonchev–Trinajstić information content (AvgIpc) is 2.74. The molecule has 3 N–H and O–H groups in total. The molecule has 160 valence electrons. The molecule has 0 saturated carbocycles. The summed E-state index contributed by atoms with van der Waals surface area (Å²) >= 11 is 0. The molecule has 3 rings (SSSR count). The number of non-ortho nitro benzene ring substituents is 1. The Labute approximate surface area is 178 Å². The van der Waals surface area contributed by atoms with Gasteiger partial charge in [-0.15, -0.1) is 0 Å². The number of nitrogens with zero attached hydrogens (tertiary/aromatic N) is 1. The van der Waals surface area contributed by atoms with Gasteiger partial charge in [0, 0.05) is 29.2 Å². The molecule has 0 aromatic heterocycles. The van der Waals surface area contributed by atoms with E-state index in [9.17, 15) is 23.3 Å². The summed E-state index contributed by atoms with van der Waals surface area (Å²) in [7, 11) is -2.31. The summed E-state index contributed by atoms with van der Waals surface area (Å²) in [5.74, 6) is 0.599. The van der Waals surface area contributed by atoms with Crippen molar-refractivity contribution in [3.05, 3.63) is 82.9 Å². The smallest absolute Gasteiger partial charge is 0.323 e. The van der Waals surface area contributed by atoms with Gasteiger partial charge in [-0.25, -0.2) is 13.2 Å². The largest absolute Gasteiger partial charge is 0.497 e. The molecule has 0 unspecified atom stereocenters. The predicted octanol–water partition coefficient (Wildman–Crippen LogP) is 4.05. The van der Waals surface area contributed by atoms with E-state index in [2.05, 4.69) is 15.4 Å². The molecule has 3 aromatic rings. The molecule has 0 spiro atoms. The third-order valence-electron chi connectivity index (χ3n) is 4.08. The number of nitrogens with one attached hydrogen (secondary N) is 3. The molecular weight excluding hydrogens is 424 g/mol. The van der Waals surface area contributed by atoms with Crippen LogP contribution in [0.15, 0.2) is 77.7 Å². The van der Waals surface area contributed by atoms with Crippen LogP contribution in [0.5, 0.6) is 5.75 Å². The number of carbonyl (C=O) groups is 1. The van der Waals surface area contributed by atoms with Gasteiger partial charge in [0.25, 0.3) is 15.7 Å². The molecule has 0 aliphatic rings. The predicted molar refractivity (Wildman–Crippen MR) is 116 cm³/mol. The highest BCUT2D eigenvalue weighted by molar-refractivity contribution is 7.92. The number of benzene rings is 3. The quantitative estimate of drug-likeness (QED) is 0.373. The Hall–Kier alpha value is -4.12. The first kappa shape index (κ1) is 21.6. The van der Waals surface area contributed by atoms with Crippen molar-refractivity contribution in [1.29, 1.82) is 0 Å². The number of nitro benzene ring substituents is 1. The zero-order chi connectivity index (χ0) is 22.4. The molecule has 10 nitrogen and oxygen atoms in total. The second-order valence-electron chi connectivity index (χ2n) is 6.24. The Morgan fingerprint density at radius 3 is 2.13 bits per heavy atom. The van der Waals surface area contributed by atoms with E-state index >= 15 is 0 Å². The summed E-state index contributed by atoms with van der Waals surface area (Å²) in [5.41, 5.74) is 0.803. The van der Waals surface area contributed by atoms with Crippen LogP contribution in [0, 0.1) is 10.1 Å². The van der Waals surface area contributed by atoms with Gasteiger partial charge >= 0.3 is 6.03 Å². The highest BCUT2D eigenvalue weighted by atomic mass is 32.2. The Kier molecular flexibility index (Phi) is 6.36. The minimum absolute atomic E-state index is 0.00737. The van der Waals surface area contributed by atoms with Gasteiger partial charge < -0.3 is 15.4 Å². The number of sulfonamides is 1. The van der Waals surface area contributed by atoms with Crippen LogP contribution in [0.25, 0.3) is 0 Å². The van der Waals surface area contributed by atoms with Crippen molar-refractivity contribution in [3.63, 3.8) is 0 Å². The first-order valence-electron chi connectivity index (χ1n) is 8.86. The van der Waals surface area contributed by atoms with Crippen LogP contribution in [-0.4, -0.2) is 26.5 Å². The Morgan fingerprint density at radius 1 is 0.903 bits per heavy atom. The lowest BCUT2D eigenvalue weighted by Gasteiger charge is -2.10. The minimum Gasteiger partial charge on any atom is -0.497 e. The maximum atomic E-state index is 12.5. The topological polar surface area (TPSA) is 140 Å². The summed E-state index contributed by atoms with van der Waals surface area (Å²) in [5, 5.41) is 15.8. The SMILES string of the molecule is COc1ccc(NS(=O)(=O)c2ccc(NC(=O)Nc3cccc([N+](=O)[O-])c3)cc2)cc1. The first-order valence-corrected chi connectivity index (χ1v) is 10.3. The number of hydrogen-bond donors (Lipinski definition) is 3. The van der Waals surface area contributed by atoms with Crippen molar-refractivity contribution in [1.82, 2.24) is 0 Å². The number of urea groups is 1. The molecule has 0 radical (unpaired) electrons. The van der Waals surface area contributed by atoms with E-state index in [-0.39, 0.29) is 16.3 Å². The fraction of sp³-hybridized carbons (Fsp3) is 0.0500. The molecule has 0 saturated heterocycles. The fourth-order valence-electron chi connectivity index (χ4n) is 2.58. The van der Waals surface area contributed by atoms with Gasteiger partial charge in [-0.1, -0.05) is 6.07 Å². The molecular formula is C20H18N4O6S. The van der Waals surface area contributed by atoms with Gasteiger partial charge in [0.2, 0.25) is 0 Å². The lowest BCUT2D eigenvalue weighted by atomic mass is 10.3. The van der Waals surface area contributed by atoms with Crippen molar-refractivity contribution in [2.75, 3.05) is 22.5 Å². The maximum Gasteiger partial charge on any atom is 0.323 e. The number of rotatable bonds is 7. The van der Waals surface area contributed by atoms with E-state index in [0.717, 1.165) is 0 Å². The number of carbonyl (C=O) groups excluding carboxylic acids is 1. The molecule has 0 bridgehead atoms. The Balaban J connectivity index is 1.64. The Morgan fingerprint density at radius 2 is 1.52 bits per heavy atom. The molecule has 3 aromatic carbocycles. The van der Waals surface area contributed by atoms with Gasteiger partial charge in [-0.2, -0.15) is 0 Å². The summed E-state index contributed by atoms with van der Waals surface area (Å²) in [4.78, 5) is 22.4. The van der Waals surface area contributed by atoms with Crippen LogP contribution in [-0.2, 0) is 10.0 Å². The van der Waals surface area contributed by atoms with Crippen LogP contribution < -0.4 is 20.1 Å². The van der Waals surface area contributed by atoms with Crippen LogP contribution in [0.2, 0.25) is 0 Å². The number of methoxy groups -OCH3 is 1. The summed E-state index contributed by atoms with van der Waals surface area (Å²) in [6.45, 7) is 0. The first-order chi connectivity index (χ1) is 14.8. The monoisotopic (exact) mass is 442 g/mol.